The van der Waals surface area contributed by atoms with Crippen molar-refractivity contribution in [3.8, 4) is 11.3 Å². The maximum Gasteiger partial charge on any atom is 0.329 e. The molecule has 138 valence electrons. The number of nitrogens with zero attached hydrogens (tertiary/aromatic N) is 1. The van der Waals surface area contributed by atoms with Crippen LogP contribution >= 0.6 is 0 Å². The number of hydrogen-bond donors (Lipinski definition) is 2. The molecule has 0 atom stereocenters. The van der Waals surface area contributed by atoms with Crippen molar-refractivity contribution in [1.29, 1.82) is 0 Å². The van der Waals surface area contributed by atoms with Crippen LogP contribution in [0.3, 0.4) is 0 Å². The Kier molecular flexibility index (Phi) is 5.71. The minimum absolute atomic E-state index is 0.157. The summed E-state index contributed by atoms with van der Waals surface area (Å²) in [6, 6.07) is 9.63. The van der Waals surface area contributed by atoms with Crippen molar-refractivity contribution >= 4 is 11.9 Å². The van der Waals surface area contributed by atoms with Crippen molar-refractivity contribution in [3.63, 3.8) is 0 Å². The third-order valence-corrected chi connectivity index (χ3v) is 4.92. The lowest BCUT2D eigenvalue weighted by Crippen LogP contribution is -2.54. The molecule has 6 heteroatoms. The Morgan fingerprint density at radius 1 is 1.12 bits per heavy atom. The third-order valence-electron chi connectivity index (χ3n) is 4.92. The molecule has 0 spiro atoms. The number of carboxylic acid groups (broad SMARTS) is 1. The van der Waals surface area contributed by atoms with E-state index in [1.165, 1.54) is 0 Å². The van der Waals surface area contributed by atoms with Gasteiger partial charge in [0.2, 0.25) is 5.91 Å². The molecule has 2 aromatic rings. The molecule has 0 saturated heterocycles. The third kappa shape index (κ3) is 4.31. The van der Waals surface area contributed by atoms with E-state index in [-0.39, 0.29) is 12.3 Å². The molecule has 0 bridgehead atoms. The van der Waals surface area contributed by atoms with Crippen molar-refractivity contribution in [3.05, 3.63) is 42.4 Å². The number of rotatable bonds is 6. The van der Waals surface area contributed by atoms with Crippen LogP contribution in [-0.2, 0) is 16.0 Å². The number of carbonyl (C=O) groups is 2. The molecule has 1 fully saturated rings. The summed E-state index contributed by atoms with van der Waals surface area (Å²) < 4.78 is 5.70. The Bertz CT molecular complexity index is 746. The standard InChI is InChI=1S/C20H24N2O4/c23-17(22-20(19(24)25)12-6-1-2-7-13-20)10-11-18-21-14-16(26-18)15-8-4-3-5-9-15/h3-5,8-9,14H,1-2,6-7,10-13H2,(H,22,23)(H,24,25). The van der Waals surface area contributed by atoms with Gasteiger partial charge in [0.05, 0.1) is 6.20 Å². The fraction of sp³-hybridized carbons (Fsp3) is 0.450. The highest BCUT2D eigenvalue weighted by atomic mass is 16.4. The summed E-state index contributed by atoms with van der Waals surface area (Å²) in [5, 5.41) is 12.4. The molecule has 0 unspecified atom stereocenters. The topological polar surface area (TPSA) is 92.4 Å². The molecular formula is C20H24N2O4. The number of amides is 1. The van der Waals surface area contributed by atoms with E-state index in [0.717, 1.165) is 31.2 Å². The highest BCUT2D eigenvalue weighted by Gasteiger charge is 2.39. The van der Waals surface area contributed by atoms with Crippen LogP contribution in [0.4, 0.5) is 0 Å². The first-order valence-electron chi connectivity index (χ1n) is 9.14. The summed E-state index contributed by atoms with van der Waals surface area (Å²) in [7, 11) is 0. The van der Waals surface area contributed by atoms with Gasteiger partial charge < -0.3 is 14.8 Å². The Hall–Kier alpha value is -2.63. The summed E-state index contributed by atoms with van der Waals surface area (Å²) in [4.78, 5) is 28.3. The first-order valence-corrected chi connectivity index (χ1v) is 9.14. The molecule has 1 amide bonds. The van der Waals surface area contributed by atoms with Crippen LogP contribution in [0.2, 0.25) is 0 Å². The summed E-state index contributed by atoms with van der Waals surface area (Å²) >= 11 is 0. The number of oxazole rings is 1. The molecule has 2 N–H and O–H groups in total. The van der Waals surface area contributed by atoms with Crippen LogP contribution in [0.1, 0.15) is 50.8 Å². The maximum absolute atomic E-state index is 12.3. The van der Waals surface area contributed by atoms with Gasteiger partial charge in [0.15, 0.2) is 11.7 Å². The van der Waals surface area contributed by atoms with Gasteiger partial charge >= 0.3 is 5.97 Å². The number of carboxylic acids is 1. The normalized spacial score (nSPS) is 16.6. The monoisotopic (exact) mass is 356 g/mol. The van der Waals surface area contributed by atoms with Gasteiger partial charge in [-0.25, -0.2) is 9.78 Å². The van der Waals surface area contributed by atoms with Crippen LogP contribution in [0.15, 0.2) is 40.9 Å². The van der Waals surface area contributed by atoms with Gasteiger partial charge in [-0.05, 0) is 12.8 Å². The summed E-state index contributed by atoms with van der Waals surface area (Å²) in [6.07, 6.45) is 6.81. The van der Waals surface area contributed by atoms with Crippen LogP contribution in [0, 0.1) is 0 Å². The molecule has 0 radical (unpaired) electrons. The highest BCUT2D eigenvalue weighted by Crippen LogP contribution is 2.28. The Morgan fingerprint density at radius 2 is 1.81 bits per heavy atom. The molecule has 26 heavy (non-hydrogen) atoms. The number of hydrogen-bond acceptors (Lipinski definition) is 4. The molecular weight excluding hydrogens is 332 g/mol. The van der Waals surface area contributed by atoms with E-state index in [0.29, 0.717) is 30.9 Å². The second-order valence-corrected chi connectivity index (χ2v) is 6.83. The minimum atomic E-state index is -1.13. The van der Waals surface area contributed by atoms with E-state index >= 15 is 0 Å². The number of nitrogens with one attached hydrogen (secondary N) is 1. The van der Waals surface area contributed by atoms with Gasteiger partial charge in [0, 0.05) is 18.4 Å². The smallest absolute Gasteiger partial charge is 0.329 e. The molecule has 1 saturated carbocycles. The summed E-state index contributed by atoms with van der Waals surface area (Å²) in [5.74, 6) is -0.0694. The predicted molar refractivity (Wildman–Crippen MR) is 96.5 cm³/mol. The first kappa shape index (κ1) is 18.2. The number of carbonyl (C=O) groups excluding carboxylic acids is 1. The zero-order valence-electron chi connectivity index (χ0n) is 14.7. The van der Waals surface area contributed by atoms with Gasteiger partial charge in [0.25, 0.3) is 0 Å². The Labute approximate surface area is 152 Å². The van der Waals surface area contributed by atoms with Gasteiger partial charge in [-0.1, -0.05) is 56.0 Å². The van der Waals surface area contributed by atoms with Crippen molar-refractivity contribution in [2.24, 2.45) is 0 Å². The van der Waals surface area contributed by atoms with Gasteiger partial charge in [0.1, 0.15) is 5.54 Å². The zero-order chi connectivity index (χ0) is 18.4. The average molecular weight is 356 g/mol. The fourth-order valence-electron chi connectivity index (χ4n) is 3.44. The van der Waals surface area contributed by atoms with E-state index in [1.807, 2.05) is 30.3 Å². The Morgan fingerprint density at radius 3 is 2.46 bits per heavy atom. The van der Waals surface area contributed by atoms with Crippen molar-refractivity contribution in [1.82, 2.24) is 10.3 Å². The lowest BCUT2D eigenvalue weighted by molar-refractivity contribution is -0.148. The van der Waals surface area contributed by atoms with Crippen LogP contribution in [0.25, 0.3) is 11.3 Å². The molecule has 1 heterocycles. The number of benzene rings is 1. The SMILES string of the molecule is O=C(CCc1ncc(-c2ccccc2)o1)NC1(C(=O)O)CCCCCC1. The Balaban J connectivity index is 1.58. The first-order chi connectivity index (χ1) is 12.6. The quantitative estimate of drug-likeness (QED) is 0.772. The molecule has 1 aromatic carbocycles. The molecule has 1 aliphatic carbocycles. The van der Waals surface area contributed by atoms with Gasteiger partial charge in [-0.15, -0.1) is 0 Å². The summed E-state index contributed by atoms with van der Waals surface area (Å²) in [5.41, 5.74) is -0.196. The van der Waals surface area contributed by atoms with E-state index in [2.05, 4.69) is 10.3 Å². The van der Waals surface area contributed by atoms with Crippen molar-refractivity contribution in [2.45, 2.75) is 56.9 Å². The predicted octanol–water partition coefficient (Wildman–Crippen LogP) is 3.57. The van der Waals surface area contributed by atoms with E-state index < -0.39 is 11.5 Å². The van der Waals surface area contributed by atoms with E-state index in [9.17, 15) is 14.7 Å². The number of aliphatic carboxylic acids is 1. The molecule has 3 rings (SSSR count). The minimum Gasteiger partial charge on any atom is -0.480 e. The lowest BCUT2D eigenvalue weighted by atomic mass is 9.90. The number of aryl methyl sites for hydroxylation is 1. The van der Waals surface area contributed by atoms with E-state index in [1.54, 1.807) is 6.20 Å². The van der Waals surface area contributed by atoms with Gasteiger partial charge in [-0.3, -0.25) is 4.79 Å². The second-order valence-electron chi connectivity index (χ2n) is 6.83. The average Bonchev–Trinajstić information content (AvgIpc) is 2.99. The van der Waals surface area contributed by atoms with Crippen LogP contribution < -0.4 is 5.32 Å². The summed E-state index contributed by atoms with van der Waals surface area (Å²) in [6.45, 7) is 0. The molecule has 1 aliphatic rings. The molecule has 0 aliphatic heterocycles. The largest absolute Gasteiger partial charge is 0.480 e. The second kappa shape index (κ2) is 8.17. The van der Waals surface area contributed by atoms with E-state index in [4.69, 9.17) is 4.42 Å². The van der Waals surface area contributed by atoms with Gasteiger partial charge in [-0.2, -0.15) is 0 Å². The molecule has 6 nitrogen and oxygen atoms in total. The lowest BCUT2D eigenvalue weighted by Gasteiger charge is -2.29. The highest BCUT2D eigenvalue weighted by molar-refractivity contribution is 5.87. The number of aromatic nitrogens is 1. The van der Waals surface area contributed by atoms with Crippen LogP contribution in [-0.4, -0.2) is 27.5 Å². The van der Waals surface area contributed by atoms with Crippen LogP contribution in [0.5, 0.6) is 0 Å². The van der Waals surface area contributed by atoms with Crippen molar-refractivity contribution < 1.29 is 19.1 Å². The fourth-order valence-corrected chi connectivity index (χ4v) is 3.44. The maximum atomic E-state index is 12.3. The van der Waals surface area contributed by atoms with Crippen molar-refractivity contribution in [2.75, 3.05) is 0 Å². The molecule has 1 aromatic heterocycles. The zero-order valence-corrected chi connectivity index (χ0v) is 14.7.